The highest BCUT2D eigenvalue weighted by Crippen LogP contribution is 2.26. The van der Waals surface area contributed by atoms with Crippen LogP contribution >= 0.6 is 0 Å². The number of aryl methyl sites for hydroxylation is 3. The van der Waals surface area contributed by atoms with E-state index < -0.39 is 0 Å². The molecule has 0 bridgehead atoms. The molecule has 6 nitrogen and oxygen atoms in total. The highest BCUT2D eigenvalue weighted by Gasteiger charge is 2.18. The van der Waals surface area contributed by atoms with Gasteiger partial charge in [0.25, 0.3) is 5.91 Å². The summed E-state index contributed by atoms with van der Waals surface area (Å²) in [5.41, 5.74) is 4.98. The lowest BCUT2D eigenvalue weighted by molar-refractivity contribution is 0.102. The Balaban J connectivity index is 1.40. The highest BCUT2D eigenvalue weighted by molar-refractivity contribution is 6.08. The van der Waals surface area contributed by atoms with Crippen LogP contribution in [0.4, 0.5) is 5.69 Å². The molecule has 2 aromatic heterocycles. The first-order chi connectivity index (χ1) is 15.1. The van der Waals surface area contributed by atoms with Gasteiger partial charge in [0, 0.05) is 29.6 Å². The lowest BCUT2D eigenvalue weighted by atomic mass is 10.0. The largest absolute Gasteiger partial charge is 0.322 e. The summed E-state index contributed by atoms with van der Waals surface area (Å²) in [6, 6.07) is 15.7. The summed E-state index contributed by atoms with van der Waals surface area (Å²) in [7, 11) is 0. The Bertz CT molecular complexity index is 1270. The van der Waals surface area contributed by atoms with Crippen molar-refractivity contribution in [1.82, 2.24) is 19.7 Å². The Labute approximate surface area is 181 Å². The van der Waals surface area contributed by atoms with E-state index in [9.17, 15) is 4.79 Å². The van der Waals surface area contributed by atoms with Gasteiger partial charge in [-0.15, -0.1) is 10.2 Å². The maximum Gasteiger partial charge on any atom is 0.257 e. The molecule has 1 aliphatic rings. The van der Waals surface area contributed by atoms with Gasteiger partial charge in [0.05, 0.1) is 16.8 Å². The normalized spacial score (nSPS) is 13.6. The molecule has 3 heterocycles. The van der Waals surface area contributed by atoms with Crippen molar-refractivity contribution in [3.05, 3.63) is 71.2 Å². The first-order valence-corrected chi connectivity index (χ1v) is 10.8. The Morgan fingerprint density at radius 1 is 0.968 bits per heavy atom. The second-order valence-corrected chi connectivity index (χ2v) is 8.15. The van der Waals surface area contributed by atoms with Crippen LogP contribution in [0.2, 0.25) is 0 Å². The second kappa shape index (κ2) is 7.95. The number of carbonyl (C=O) groups is 1. The van der Waals surface area contributed by atoms with Crippen LogP contribution in [0, 0.1) is 13.8 Å². The van der Waals surface area contributed by atoms with Crippen LogP contribution in [0.5, 0.6) is 0 Å². The number of hydrogen-bond acceptors (Lipinski definition) is 4. The first kappa shape index (κ1) is 19.4. The third-order valence-electron chi connectivity index (χ3n) is 6.07. The summed E-state index contributed by atoms with van der Waals surface area (Å²) in [6.45, 7) is 4.82. The monoisotopic (exact) mass is 411 g/mol. The van der Waals surface area contributed by atoms with Gasteiger partial charge in [-0.3, -0.25) is 9.78 Å². The number of anilines is 1. The number of benzene rings is 2. The van der Waals surface area contributed by atoms with Crippen molar-refractivity contribution in [2.24, 2.45) is 0 Å². The number of nitrogens with zero attached hydrogens (tertiary/aromatic N) is 4. The molecule has 0 spiro atoms. The first-order valence-electron chi connectivity index (χ1n) is 10.8. The molecule has 0 atom stereocenters. The van der Waals surface area contributed by atoms with Gasteiger partial charge in [-0.25, -0.2) is 0 Å². The molecule has 5 rings (SSSR count). The zero-order valence-electron chi connectivity index (χ0n) is 17.9. The standard InChI is InChI=1S/C25H25N5O/c1-16-20-8-5-6-9-21(20)26-17(2)23(16)25(31)27-19-13-11-18(12-14-19)24-29-28-22-10-4-3-7-15-30(22)24/h5-6,8-9,11-14H,3-4,7,10,15H2,1-2H3,(H,27,31). The fourth-order valence-electron chi connectivity index (χ4n) is 4.46. The van der Waals surface area contributed by atoms with Gasteiger partial charge < -0.3 is 9.88 Å². The zero-order valence-corrected chi connectivity index (χ0v) is 17.9. The average Bonchev–Trinajstić information content (AvgIpc) is 3.02. The highest BCUT2D eigenvalue weighted by atomic mass is 16.1. The Morgan fingerprint density at radius 2 is 1.77 bits per heavy atom. The third kappa shape index (κ3) is 3.58. The lowest BCUT2D eigenvalue weighted by Gasteiger charge is -2.13. The number of pyridine rings is 1. The van der Waals surface area contributed by atoms with Gasteiger partial charge in [0.2, 0.25) is 0 Å². The average molecular weight is 412 g/mol. The van der Waals surface area contributed by atoms with Gasteiger partial charge in [-0.2, -0.15) is 0 Å². The molecule has 0 saturated heterocycles. The van der Waals surface area contributed by atoms with Crippen molar-refractivity contribution < 1.29 is 4.79 Å². The quantitative estimate of drug-likeness (QED) is 0.510. The summed E-state index contributed by atoms with van der Waals surface area (Å²) in [5.74, 6) is 1.83. The molecule has 0 fully saturated rings. The minimum atomic E-state index is -0.141. The van der Waals surface area contributed by atoms with E-state index in [1.807, 2.05) is 62.4 Å². The van der Waals surface area contributed by atoms with E-state index in [1.165, 1.54) is 12.8 Å². The molecule has 0 saturated carbocycles. The van der Waals surface area contributed by atoms with Crippen molar-refractivity contribution in [2.45, 2.75) is 46.1 Å². The number of hydrogen-bond donors (Lipinski definition) is 1. The molecule has 1 aliphatic heterocycles. The van der Waals surface area contributed by atoms with E-state index in [0.717, 1.165) is 64.4 Å². The molecular formula is C25H25N5O. The van der Waals surface area contributed by atoms with Gasteiger partial charge in [-0.1, -0.05) is 24.6 Å². The van der Waals surface area contributed by atoms with Crippen LogP contribution in [0.1, 0.15) is 46.7 Å². The molecule has 31 heavy (non-hydrogen) atoms. The van der Waals surface area contributed by atoms with E-state index in [4.69, 9.17) is 0 Å². The number of aromatic nitrogens is 4. The van der Waals surface area contributed by atoms with E-state index in [-0.39, 0.29) is 5.91 Å². The summed E-state index contributed by atoms with van der Waals surface area (Å²) >= 11 is 0. The third-order valence-corrected chi connectivity index (χ3v) is 6.07. The summed E-state index contributed by atoms with van der Waals surface area (Å²) in [4.78, 5) is 17.7. The van der Waals surface area contributed by atoms with Crippen LogP contribution in [0.15, 0.2) is 48.5 Å². The van der Waals surface area contributed by atoms with Gasteiger partial charge >= 0.3 is 0 Å². The minimum Gasteiger partial charge on any atom is -0.322 e. The van der Waals surface area contributed by atoms with Crippen molar-refractivity contribution >= 4 is 22.5 Å². The molecule has 1 N–H and O–H groups in total. The van der Waals surface area contributed by atoms with E-state index >= 15 is 0 Å². The molecule has 0 unspecified atom stereocenters. The molecule has 2 aromatic carbocycles. The van der Waals surface area contributed by atoms with Gasteiger partial charge in [-0.05, 0) is 62.6 Å². The van der Waals surface area contributed by atoms with Crippen LogP contribution in [0.3, 0.4) is 0 Å². The fourth-order valence-corrected chi connectivity index (χ4v) is 4.46. The summed E-state index contributed by atoms with van der Waals surface area (Å²) in [5, 5.41) is 12.8. The van der Waals surface area contributed by atoms with E-state index in [0.29, 0.717) is 5.56 Å². The smallest absolute Gasteiger partial charge is 0.257 e. The summed E-state index contributed by atoms with van der Waals surface area (Å²) in [6.07, 6.45) is 4.55. The predicted octanol–water partition coefficient (Wildman–Crippen LogP) is 5.09. The van der Waals surface area contributed by atoms with E-state index in [2.05, 4.69) is 25.1 Å². The number of amides is 1. The molecule has 0 radical (unpaired) electrons. The second-order valence-electron chi connectivity index (χ2n) is 8.15. The number of nitrogens with one attached hydrogen (secondary N) is 1. The maximum absolute atomic E-state index is 13.1. The molecule has 156 valence electrons. The van der Waals surface area contributed by atoms with Crippen molar-refractivity contribution in [2.75, 3.05) is 5.32 Å². The van der Waals surface area contributed by atoms with Crippen molar-refractivity contribution in [1.29, 1.82) is 0 Å². The Hall–Kier alpha value is -3.54. The zero-order chi connectivity index (χ0) is 21.4. The maximum atomic E-state index is 13.1. The molecule has 0 aliphatic carbocycles. The number of carbonyl (C=O) groups excluding carboxylic acids is 1. The Kier molecular flexibility index (Phi) is 4.98. The molecular weight excluding hydrogens is 386 g/mol. The van der Waals surface area contributed by atoms with Crippen LogP contribution in [0.25, 0.3) is 22.3 Å². The molecule has 6 heteroatoms. The number of para-hydroxylation sites is 1. The van der Waals surface area contributed by atoms with Gasteiger partial charge in [0.15, 0.2) is 5.82 Å². The van der Waals surface area contributed by atoms with Crippen LogP contribution < -0.4 is 5.32 Å². The van der Waals surface area contributed by atoms with Crippen molar-refractivity contribution in [3.8, 4) is 11.4 Å². The van der Waals surface area contributed by atoms with Gasteiger partial charge in [0.1, 0.15) is 5.82 Å². The SMILES string of the molecule is Cc1nc2ccccc2c(C)c1C(=O)Nc1ccc(-c2nnc3n2CCCCC3)cc1. The minimum absolute atomic E-state index is 0.141. The predicted molar refractivity (Wildman–Crippen MR) is 122 cm³/mol. The number of rotatable bonds is 3. The number of fused-ring (bicyclic) bond motifs is 2. The fraction of sp³-hybridized carbons (Fsp3) is 0.280. The van der Waals surface area contributed by atoms with Crippen LogP contribution in [-0.2, 0) is 13.0 Å². The molecule has 1 amide bonds. The van der Waals surface area contributed by atoms with E-state index in [1.54, 1.807) is 0 Å². The molecule has 4 aromatic rings. The lowest BCUT2D eigenvalue weighted by Crippen LogP contribution is -2.16. The van der Waals surface area contributed by atoms with Crippen LogP contribution in [-0.4, -0.2) is 25.7 Å². The van der Waals surface area contributed by atoms with Crippen molar-refractivity contribution in [3.63, 3.8) is 0 Å². The Morgan fingerprint density at radius 3 is 2.61 bits per heavy atom. The topological polar surface area (TPSA) is 72.7 Å². The summed E-state index contributed by atoms with van der Waals surface area (Å²) < 4.78 is 2.23.